The van der Waals surface area contributed by atoms with Crippen LogP contribution in [0.25, 0.3) is 98.7 Å². The van der Waals surface area contributed by atoms with Gasteiger partial charge >= 0.3 is 0 Å². The predicted molar refractivity (Wildman–Crippen MR) is 221 cm³/mol. The molecule has 9 aromatic carbocycles. The molecule has 0 saturated heterocycles. The Morgan fingerprint density at radius 2 is 0.769 bits per heavy atom. The van der Waals surface area contributed by atoms with Gasteiger partial charge in [0, 0.05) is 33.7 Å². The van der Waals surface area contributed by atoms with Gasteiger partial charge < -0.3 is 9.13 Å². The third-order valence-corrected chi connectivity index (χ3v) is 10.9. The van der Waals surface area contributed by atoms with Crippen molar-refractivity contribution in [3.8, 4) is 33.6 Å². The van der Waals surface area contributed by atoms with Gasteiger partial charge in [-0.2, -0.15) is 0 Å². The van der Waals surface area contributed by atoms with Crippen LogP contribution in [0.3, 0.4) is 0 Å². The lowest BCUT2D eigenvalue weighted by Crippen LogP contribution is -1.94. The first-order valence-electron chi connectivity index (χ1n) is 17.9. The first-order valence-corrected chi connectivity index (χ1v) is 17.9. The van der Waals surface area contributed by atoms with Crippen LogP contribution < -0.4 is 0 Å². The van der Waals surface area contributed by atoms with Crippen molar-refractivity contribution in [3.63, 3.8) is 0 Å². The van der Waals surface area contributed by atoms with Crippen molar-refractivity contribution >= 4 is 65.0 Å². The van der Waals surface area contributed by atoms with Gasteiger partial charge in [0.15, 0.2) is 0 Å². The minimum atomic E-state index is 1.16. The van der Waals surface area contributed by atoms with E-state index in [1.165, 1.54) is 93.0 Å². The van der Waals surface area contributed by atoms with Gasteiger partial charge in [-0.25, -0.2) is 0 Å². The highest BCUT2D eigenvalue weighted by Gasteiger charge is 2.17. The predicted octanol–water partition coefficient (Wildman–Crippen LogP) is 13.5. The fourth-order valence-electron chi connectivity index (χ4n) is 8.53. The molecule has 52 heavy (non-hydrogen) atoms. The summed E-state index contributed by atoms with van der Waals surface area (Å²) in [6, 6.07) is 68.7. The molecule has 0 atom stereocenters. The van der Waals surface area contributed by atoms with Crippen LogP contribution in [-0.2, 0) is 0 Å². The van der Waals surface area contributed by atoms with Gasteiger partial charge in [0.1, 0.15) is 0 Å². The summed E-state index contributed by atoms with van der Waals surface area (Å²) in [6.07, 6.45) is 2.19. The summed E-state index contributed by atoms with van der Waals surface area (Å²) >= 11 is 0. The average molecular weight is 661 g/mol. The van der Waals surface area contributed by atoms with Crippen LogP contribution in [0, 0.1) is 0 Å². The smallest absolute Gasteiger partial charge is 0.0548 e. The van der Waals surface area contributed by atoms with E-state index in [-0.39, 0.29) is 0 Å². The lowest BCUT2D eigenvalue weighted by atomic mass is 9.90. The summed E-state index contributed by atoms with van der Waals surface area (Å²) in [5.41, 5.74) is 10.9. The Morgan fingerprint density at radius 1 is 0.269 bits per heavy atom. The van der Waals surface area contributed by atoms with Crippen LogP contribution in [-0.4, -0.2) is 9.13 Å². The van der Waals surface area contributed by atoms with E-state index < -0.39 is 0 Å². The summed E-state index contributed by atoms with van der Waals surface area (Å²) in [6.45, 7) is 0. The molecule has 0 amide bonds. The van der Waals surface area contributed by atoms with Gasteiger partial charge in [0.2, 0.25) is 0 Å². The van der Waals surface area contributed by atoms with Crippen LogP contribution in [0.15, 0.2) is 194 Å². The van der Waals surface area contributed by atoms with Crippen LogP contribution in [0.2, 0.25) is 0 Å². The fourth-order valence-corrected chi connectivity index (χ4v) is 8.53. The van der Waals surface area contributed by atoms with Gasteiger partial charge in [-0.05, 0) is 115 Å². The van der Waals surface area contributed by atoms with E-state index in [1.54, 1.807) is 0 Å². The molecule has 0 N–H and O–H groups in total. The van der Waals surface area contributed by atoms with Crippen molar-refractivity contribution in [2.24, 2.45) is 0 Å². The number of aromatic nitrogens is 2. The average Bonchev–Trinajstić information content (AvgIpc) is 3.81. The molecule has 0 unspecified atom stereocenters. The standard InChI is InChI=1S/C50H32N2/c1-3-11-33(12-4-1)35-21-25-41-42-26-22-36(32-46(42)40-16-8-7-15-39(40)45(41)31-35)34-19-23-38(24-20-34)52-48-18-10-9-17-43(48)50-44-29-30-51(37-13-5-2-6-14-37)47(44)27-28-49(50)52/h1-32H. The molecule has 2 nitrogen and oxygen atoms in total. The Labute approximate surface area is 301 Å². The Morgan fingerprint density at radius 3 is 1.44 bits per heavy atom. The van der Waals surface area contributed by atoms with Crippen molar-refractivity contribution in [3.05, 3.63) is 194 Å². The number of hydrogen-bond donors (Lipinski definition) is 0. The van der Waals surface area contributed by atoms with Crippen molar-refractivity contribution in [1.82, 2.24) is 9.13 Å². The van der Waals surface area contributed by atoms with Gasteiger partial charge in [0.25, 0.3) is 0 Å². The molecule has 11 aromatic rings. The summed E-state index contributed by atoms with van der Waals surface area (Å²) in [5.74, 6) is 0. The maximum absolute atomic E-state index is 2.41. The normalized spacial score (nSPS) is 11.8. The summed E-state index contributed by atoms with van der Waals surface area (Å²) in [5, 5.41) is 11.5. The minimum absolute atomic E-state index is 1.16. The number of rotatable bonds is 4. The van der Waals surface area contributed by atoms with E-state index in [2.05, 4.69) is 203 Å². The molecule has 0 aliphatic heterocycles. The van der Waals surface area contributed by atoms with E-state index in [0.29, 0.717) is 0 Å². The molecule has 2 heterocycles. The maximum atomic E-state index is 2.41. The van der Waals surface area contributed by atoms with Crippen LogP contribution in [0.4, 0.5) is 0 Å². The second-order valence-corrected chi connectivity index (χ2v) is 13.7. The van der Waals surface area contributed by atoms with Crippen LogP contribution in [0.1, 0.15) is 0 Å². The second kappa shape index (κ2) is 11.3. The number of hydrogen-bond acceptors (Lipinski definition) is 0. The molecule has 2 heteroatoms. The first-order chi connectivity index (χ1) is 25.8. The van der Waals surface area contributed by atoms with E-state index >= 15 is 0 Å². The molecule has 0 saturated carbocycles. The Hall–Kier alpha value is -6.90. The molecule has 0 aliphatic rings. The lowest BCUT2D eigenvalue weighted by Gasteiger charge is -2.14. The monoisotopic (exact) mass is 660 g/mol. The molecular formula is C50H32N2. The summed E-state index contributed by atoms with van der Waals surface area (Å²) < 4.78 is 4.70. The van der Waals surface area contributed by atoms with E-state index in [4.69, 9.17) is 0 Å². The number of nitrogens with zero attached hydrogens (tertiary/aromatic N) is 2. The zero-order valence-electron chi connectivity index (χ0n) is 28.4. The van der Waals surface area contributed by atoms with Crippen molar-refractivity contribution < 1.29 is 0 Å². The second-order valence-electron chi connectivity index (χ2n) is 13.7. The number of para-hydroxylation sites is 2. The zero-order valence-corrected chi connectivity index (χ0v) is 28.4. The molecule has 0 bridgehead atoms. The Kier molecular flexibility index (Phi) is 6.28. The topological polar surface area (TPSA) is 9.86 Å². The quantitative estimate of drug-likeness (QED) is 0.166. The highest BCUT2D eigenvalue weighted by atomic mass is 15.0. The van der Waals surface area contributed by atoms with E-state index in [9.17, 15) is 0 Å². The third-order valence-electron chi connectivity index (χ3n) is 10.9. The van der Waals surface area contributed by atoms with Gasteiger partial charge in [-0.1, -0.05) is 127 Å². The fraction of sp³-hybridized carbons (Fsp3) is 0. The number of fused-ring (bicyclic) bond motifs is 11. The lowest BCUT2D eigenvalue weighted by molar-refractivity contribution is 1.13. The van der Waals surface area contributed by atoms with Gasteiger partial charge in [-0.15, -0.1) is 0 Å². The van der Waals surface area contributed by atoms with Crippen LogP contribution >= 0.6 is 0 Å². The highest BCUT2D eigenvalue weighted by Crippen LogP contribution is 2.41. The Balaban J connectivity index is 1.04. The number of benzene rings is 9. The molecule has 11 rings (SSSR count). The first kappa shape index (κ1) is 28.9. The molecule has 0 radical (unpaired) electrons. The largest absolute Gasteiger partial charge is 0.317 e. The Bertz CT molecular complexity index is 3130. The summed E-state index contributed by atoms with van der Waals surface area (Å²) in [4.78, 5) is 0. The van der Waals surface area contributed by atoms with Crippen molar-refractivity contribution in [2.75, 3.05) is 0 Å². The SMILES string of the molecule is c1ccc(-c2ccc3c4ccc(-c5ccc(-n6c7ccccc7c7c8ccn(-c9ccccc9)c8ccc76)cc5)cc4c4ccccc4c3c2)cc1. The molecule has 2 aromatic heterocycles. The molecule has 242 valence electrons. The molecule has 0 spiro atoms. The van der Waals surface area contributed by atoms with Crippen LogP contribution in [0.5, 0.6) is 0 Å². The zero-order chi connectivity index (χ0) is 34.2. The van der Waals surface area contributed by atoms with Crippen molar-refractivity contribution in [2.45, 2.75) is 0 Å². The summed E-state index contributed by atoms with van der Waals surface area (Å²) in [7, 11) is 0. The molecule has 0 fully saturated rings. The molecule has 0 aliphatic carbocycles. The van der Waals surface area contributed by atoms with Gasteiger partial charge in [-0.3, -0.25) is 0 Å². The molecular weight excluding hydrogens is 629 g/mol. The highest BCUT2D eigenvalue weighted by molar-refractivity contribution is 6.26. The van der Waals surface area contributed by atoms with E-state index in [1.807, 2.05) is 0 Å². The van der Waals surface area contributed by atoms with Gasteiger partial charge in [0.05, 0.1) is 16.6 Å². The van der Waals surface area contributed by atoms with E-state index in [0.717, 1.165) is 5.69 Å². The maximum Gasteiger partial charge on any atom is 0.0548 e. The minimum Gasteiger partial charge on any atom is -0.317 e. The van der Waals surface area contributed by atoms with Crippen molar-refractivity contribution in [1.29, 1.82) is 0 Å². The third kappa shape index (κ3) is 4.31.